The molecule has 1 aliphatic rings. The van der Waals surface area contributed by atoms with Crippen LogP contribution in [-0.4, -0.2) is 31.6 Å². The van der Waals surface area contributed by atoms with Crippen molar-refractivity contribution in [3.05, 3.63) is 62.8 Å². The van der Waals surface area contributed by atoms with Crippen LogP contribution in [0.15, 0.2) is 46.8 Å². The summed E-state index contributed by atoms with van der Waals surface area (Å²) in [7, 11) is 0. The van der Waals surface area contributed by atoms with E-state index in [1.165, 1.54) is 35.9 Å². The van der Waals surface area contributed by atoms with E-state index < -0.39 is 11.5 Å². The van der Waals surface area contributed by atoms with Gasteiger partial charge in [0.05, 0.1) is 12.1 Å². The van der Waals surface area contributed by atoms with Crippen molar-refractivity contribution in [1.29, 1.82) is 0 Å². The second kappa shape index (κ2) is 6.54. The Morgan fingerprint density at radius 1 is 1.35 bits per heavy atom. The maximum absolute atomic E-state index is 12.7. The monoisotopic (exact) mass is 371 g/mol. The first-order valence-electron chi connectivity index (χ1n) is 8.26. The van der Waals surface area contributed by atoms with Gasteiger partial charge in [0.25, 0.3) is 11.5 Å². The fourth-order valence-electron chi connectivity index (χ4n) is 3.26. The van der Waals surface area contributed by atoms with Crippen molar-refractivity contribution in [2.75, 3.05) is 0 Å². The maximum atomic E-state index is 12.7. The Kier molecular flexibility index (Phi) is 4.21. The van der Waals surface area contributed by atoms with Crippen LogP contribution in [0.25, 0.3) is 5.65 Å². The van der Waals surface area contributed by atoms with E-state index in [4.69, 9.17) is 0 Å². The largest absolute Gasteiger partial charge is 0.504 e. The summed E-state index contributed by atoms with van der Waals surface area (Å²) in [4.78, 5) is 30.4. The molecular weight excluding hydrogens is 354 g/mol. The Hall–Kier alpha value is -2.71. The van der Waals surface area contributed by atoms with Gasteiger partial charge in [-0.2, -0.15) is 0 Å². The summed E-state index contributed by atoms with van der Waals surface area (Å²) in [5, 5.41) is 24.2. The van der Waals surface area contributed by atoms with E-state index >= 15 is 0 Å². The van der Waals surface area contributed by atoms with Gasteiger partial charge in [0.1, 0.15) is 5.56 Å². The first-order chi connectivity index (χ1) is 12.5. The number of aromatic hydroxyl groups is 1. The molecule has 3 N–H and O–H groups in total. The molecule has 0 bridgehead atoms. The van der Waals surface area contributed by atoms with Crippen molar-refractivity contribution < 1.29 is 15.0 Å². The molecule has 0 aliphatic heterocycles. The number of aliphatic hydroxyl groups excluding tert-OH is 1. The normalized spacial score (nSPS) is 20.5. The molecule has 0 unspecified atom stereocenters. The fraction of sp³-hybridized carbons (Fsp3) is 0.278. The van der Waals surface area contributed by atoms with E-state index in [2.05, 4.69) is 10.3 Å². The number of thiophene rings is 1. The second-order valence-electron chi connectivity index (χ2n) is 6.42. The molecule has 7 nitrogen and oxygen atoms in total. The van der Waals surface area contributed by atoms with E-state index in [-0.39, 0.29) is 35.0 Å². The molecule has 3 aromatic heterocycles. The highest BCUT2D eigenvalue weighted by atomic mass is 32.1. The third-order valence-corrected chi connectivity index (χ3v) is 5.67. The molecule has 0 radical (unpaired) electrons. The molecule has 0 saturated heterocycles. The van der Waals surface area contributed by atoms with Gasteiger partial charge in [0.2, 0.25) is 0 Å². The minimum atomic E-state index is -0.540. The van der Waals surface area contributed by atoms with Crippen LogP contribution in [0.2, 0.25) is 0 Å². The van der Waals surface area contributed by atoms with Gasteiger partial charge >= 0.3 is 0 Å². The van der Waals surface area contributed by atoms with E-state index in [0.29, 0.717) is 12.8 Å². The summed E-state index contributed by atoms with van der Waals surface area (Å²) < 4.78 is 1.15. The minimum absolute atomic E-state index is 0.0884. The summed E-state index contributed by atoms with van der Waals surface area (Å²) in [5.41, 5.74) is -0.525. The lowest BCUT2D eigenvalue weighted by Crippen LogP contribution is -2.42. The zero-order chi connectivity index (χ0) is 18.3. The number of nitrogens with zero attached hydrogens (tertiary/aromatic N) is 2. The molecule has 0 aromatic carbocycles. The highest BCUT2D eigenvalue weighted by Crippen LogP contribution is 2.39. The van der Waals surface area contributed by atoms with Crippen LogP contribution in [0, 0.1) is 5.92 Å². The quantitative estimate of drug-likeness (QED) is 0.648. The number of carbonyl (C=O) groups is 1. The number of hydrogen-bond donors (Lipinski definition) is 3. The minimum Gasteiger partial charge on any atom is -0.504 e. The van der Waals surface area contributed by atoms with Crippen LogP contribution < -0.4 is 10.9 Å². The molecule has 3 aromatic rings. The van der Waals surface area contributed by atoms with Gasteiger partial charge in [-0.25, -0.2) is 4.98 Å². The zero-order valence-electron chi connectivity index (χ0n) is 13.7. The number of aliphatic hydroxyl groups is 1. The highest BCUT2D eigenvalue weighted by Gasteiger charge is 2.36. The van der Waals surface area contributed by atoms with Gasteiger partial charge in [0.15, 0.2) is 11.4 Å². The SMILES string of the molecule is O=C(N[C@@H](c1cccs1)C1CC(O)C1)c1cnc2c(O)cccn2c1=O. The molecule has 8 heteroatoms. The molecule has 1 saturated carbocycles. The number of rotatable bonds is 4. The van der Waals surface area contributed by atoms with Crippen LogP contribution >= 0.6 is 11.3 Å². The molecule has 3 heterocycles. The standard InChI is InChI=1S/C18H17N3O4S/c22-11-7-10(8-11)15(14-4-2-6-26-14)20-17(24)12-9-19-16-13(23)3-1-5-21(16)18(12)25/h1-6,9-11,15,22-23H,7-8H2,(H,20,24)/t10?,11?,15-/m1/s1. The molecule has 0 spiro atoms. The van der Waals surface area contributed by atoms with Crippen molar-refractivity contribution >= 4 is 22.9 Å². The molecule has 26 heavy (non-hydrogen) atoms. The molecule has 4 rings (SSSR count). The number of fused-ring (bicyclic) bond motifs is 1. The number of aromatic nitrogens is 2. The Bertz CT molecular complexity index is 1010. The van der Waals surface area contributed by atoms with E-state index in [0.717, 1.165) is 9.28 Å². The van der Waals surface area contributed by atoms with Gasteiger partial charge in [-0.15, -0.1) is 11.3 Å². The summed E-state index contributed by atoms with van der Waals surface area (Å²) in [6, 6.07) is 6.52. The lowest BCUT2D eigenvalue weighted by atomic mass is 9.76. The first-order valence-corrected chi connectivity index (χ1v) is 9.14. The molecule has 134 valence electrons. The average molecular weight is 371 g/mol. The Labute approximate surface area is 152 Å². The van der Waals surface area contributed by atoms with Gasteiger partial charge in [-0.05, 0) is 42.3 Å². The average Bonchev–Trinajstić information content (AvgIpc) is 3.12. The third kappa shape index (κ3) is 2.87. The smallest absolute Gasteiger partial charge is 0.270 e. The van der Waals surface area contributed by atoms with Gasteiger partial charge in [-0.3, -0.25) is 14.0 Å². The van der Waals surface area contributed by atoms with Crippen molar-refractivity contribution in [1.82, 2.24) is 14.7 Å². The van der Waals surface area contributed by atoms with Crippen LogP contribution in [0.3, 0.4) is 0 Å². The molecule has 1 amide bonds. The highest BCUT2D eigenvalue weighted by molar-refractivity contribution is 7.10. The number of nitrogens with one attached hydrogen (secondary N) is 1. The van der Waals surface area contributed by atoms with Crippen molar-refractivity contribution in [2.24, 2.45) is 5.92 Å². The Morgan fingerprint density at radius 2 is 2.15 bits per heavy atom. The second-order valence-corrected chi connectivity index (χ2v) is 7.40. The number of carbonyl (C=O) groups excluding carboxylic acids is 1. The topological polar surface area (TPSA) is 104 Å². The first kappa shape index (κ1) is 16.7. The predicted molar refractivity (Wildman–Crippen MR) is 96.4 cm³/mol. The molecular formula is C18H17N3O4S. The van der Waals surface area contributed by atoms with Gasteiger partial charge in [-0.1, -0.05) is 6.07 Å². The van der Waals surface area contributed by atoms with E-state index in [1.807, 2.05) is 17.5 Å². The van der Waals surface area contributed by atoms with Crippen molar-refractivity contribution in [2.45, 2.75) is 25.0 Å². The molecule has 1 fully saturated rings. The zero-order valence-corrected chi connectivity index (χ0v) is 14.5. The van der Waals surface area contributed by atoms with Crippen molar-refractivity contribution in [3.63, 3.8) is 0 Å². The summed E-state index contributed by atoms with van der Waals surface area (Å²) >= 11 is 1.53. The Balaban J connectivity index is 1.65. The lowest BCUT2D eigenvalue weighted by Gasteiger charge is -2.37. The van der Waals surface area contributed by atoms with Crippen LogP contribution in [0.5, 0.6) is 5.75 Å². The number of amides is 1. The fourth-order valence-corrected chi connectivity index (χ4v) is 4.13. The number of pyridine rings is 1. The summed E-state index contributed by atoms with van der Waals surface area (Å²) in [6.45, 7) is 0. The van der Waals surface area contributed by atoms with Gasteiger partial charge in [0, 0.05) is 17.3 Å². The van der Waals surface area contributed by atoms with E-state index in [9.17, 15) is 19.8 Å². The van der Waals surface area contributed by atoms with Crippen LogP contribution in [0.1, 0.15) is 34.1 Å². The summed E-state index contributed by atoms with van der Waals surface area (Å²) in [5.74, 6) is -0.510. The maximum Gasteiger partial charge on any atom is 0.270 e. The molecule has 1 aliphatic carbocycles. The van der Waals surface area contributed by atoms with Crippen molar-refractivity contribution in [3.8, 4) is 5.75 Å². The van der Waals surface area contributed by atoms with Crippen LogP contribution in [-0.2, 0) is 0 Å². The Morgan fingerprint density at radius 3 is 2.85 bits per heavy atom. The lowest BCUT2D eigenvalue weighted by molar-refractivity contribution is 0.0241. The summed E-state index contributed by atoms with van der Waals surface area (Å²) in [6.07, 6.45) is 3.54. The number of hydrogen-bond acceptors (Lipinski definition) is 6. The molecule has 1 atom stereocenters. The van der Waals surface area contributed by atoms with E-state index in [1.54, 1.807) is 0 Å². The van der Waals surface area contributed by atoms with Gasteiger partial charge < -0.3 is 15.5 Å². The predicted octanol–water partition coefficient (Wildman–Crippen LogP) is 1.70. The third-order valence-electron chi connectivity index (χ3n) is 4.71. The van der Waals surface area contributed by atoms with Crippen LogP contribution in [0.4, 0.5) is 0 Å².